The molecule has 2 aromatic rings. The molecule has 4 heteroatoms. The number of aryl methyl sites for hydroxylation is 1. The second-order valence-electron chi connectivity index (χ2n) is 4.52. The van der Waals surface area contributed by atoms with E-state index in [2.05, 4.69) is 39.1 Å². The van der Waals surface area contributed by atoms with Crippen molar-refractivity contribution in [3.63, 3.8) is 0 Å². The van der Waals surface area contributed by atoms with Crippen molar-refractivity contribution in [3.8, 4) is 0 Å². The lowest BCUT2D eigenvalue weighted by atomic mass is 10.2. The van der Waals surface area contributed by atoms with Gasteiger partial charge in [0.1, 0.15) is 0 Å². The van der Waals surface area contributed by atoms with Crippen molar-refractivity contribution >= 4 is 11.6 Å². The smallest absolute Gasteiger partial charge is 0.230 e. The molecule has 2 heterocycles. The number of para-hydroxylation sites is 1. The molecule has 1 aromatic carbocycles. The number of nitrogens with two attached hydrogens (primary N) is 1. The highest BCUT2D eigenvalue weighted by Gasteiger charge is 2.21. The van der Waals surface area contributed by atoms with Gasteiger partial charge < -0.3 is 10.6 Å². The maximum atomic E-state index is 5.64. The number of nitrogens with zero attached hydrogens (tertiary/aromatic N) is 3. The van der Waals surface area contributed by atoms with Gasteiger partial charge in [0.05, 0.1) is 0 Å². The molecule has 0 fully saturated rings. The molecule has 0 amide bonds. The summed E-state index contributed by atoms with van der Waals surface area (Å²) in [6.07, 6.45) is 2.88. The van der Waals surface area contributed by atoms with Crippen LogP contribution in [0, 0.1) is 6.92 Å². The standard InChI is InChI=1S/C14H16N4/c1-10-12(8-15)9-16-14(17-10)18-7-6-11-4-2-3-5-13(11)18/h2-5,9H,6-8,15H2,1H3. The maximum absolute atomic E-state index is 5.64. The minimum Gasteiger partial charge on any atom is -0.326 e. The van der Waals surface area contributed by atoms with Crippen LogP contribution in [0.4, 0.5) is 11.6 Å². The van der Waals surface area contributed by atoms with Gasteiger partial charge in [0.2, 0.25) is 5.95 Å². The van der Waals surface area contributed by atoms with Gasteiger partial charge in [0.25, 0.3) is 0 Å². The van der Waals surface area contributed by atoms with E-state index >= 15 is 0 Å². The van der Waals surface area contributed by atoms with Crippen molar-refractivity contribution in [2.45, 2.75) is 19.9 Å². The topological polar surface area (TPSA) is 55.0 Å². The Labute approximate surface area is 106 Å². The van der Waals surface area contributed by atoms with E-state index in [0.717, 1.165) is 30.2 Å². The molecule has 18 heavy (non-hydrogen) atoms. The number of aromatic nitrogens is 2. The highest BCUT2D eigenvalue weighted by molar-refractivity contribution is 5.65. The summed E-state index contributed by atoms with van der Waals surface area (Å²) in [6.45, 7) is 3.42. The quantitative estimate of drug-likeness (QED) is 0.871. The van der Waals surface area contributed by atoms with Gasteiger partial charge in [-0.15, -0.1) is 0 Å². The summed E-state index contributed by atoms with van der Waals surface area (Å²) in [5, 5.41) is 0. The zero-order chi connectivity index (χ0) is 12.5. The van der Waals surface area contributed by atoms with Gasteiger partial charge in [-0.25, -0.2) is 9.97 Å². The monoisotopic (exact) mass is 240 g/mol. The van der Waals surface area contributed by atoms with E-state index in [1.165, 1.54) is 11.3 Å². The first kappa shape index (κ1) is 11.2. The number of fused-ring (bicyclic) bond motifs is 1. The number of hydrogen-bond donors (Lipinski definition) is 1. The molecule has 0 saturated heterocycles. The minimum atomic E-state index is 0.489. The first-order valence-electron chi connectivity index (χ1n) is 6.17. The minimum absolute atomic E-state index is 0.489. The van der Waals surface area contributed by atoms with Gasteiger partial charge in [-0.1, -0.05) is 18.2 Å². The summed E-state index contributed by atoms with van der Waals surface area (Å²) in [5.41, 5.74) is 10.2. The molecule has 0 bridgehead atoms. The molecule has 92 valence electrons. The van der Waals surface area contributed by atoms with E-state index in [0.29, 0.717) is 6.54 Å². The van der Waals surface area contributed by atoms with Crippen molar-refractivity contribution in [1.82, 2.24) is 9.97 Å². The van der Waals surface area contributed by atoms with E-state index in [9.17, 15) is 0 Å². The summed E-state index contributed by atoms with van der Waals surface area (Å²) in [5.74, 6) is 0.773. The Kier molecular flexibility index (Phi) is 2.72. The molecule has 4 nitrogen and oxygen atoms in total. The van der Waals surface area contributed by atoms with Crippen LogP contribution in [0.2, 0.25) is 0 Å². The lowest BCUT2D eigenvalue weighted by Crippen LogP contribution is -2.17. The van der Waals surface area contributed by atoms with Crippen molar-refractivity contribution in [3.05, 3.63) is 47.3 Å². The Morgan fingerprint density at radius 1 is 1.33 bits per heavy atom. The third kappa shape index (κ3) is 1.75. The summed E-state index contributed by atoms with van der Waals surface area (Å²) in [6, 6.07) is 8.42. The van der Waals surface area contributed by atoms with E-state index < -0.39 is 0 Å². The number of rotatable bonds is 2. The summed E-state index contributed by atoms with van der Waals surface area (Å²) in [7, 11) is 0. The van der Waals surface area contributed by atoms with Crippen LogP contribution >= 0.6 is 0 Å². The Hall–Kier alpha value is -1.94. The molecule has 2 N–H and O–H groups in total. The van der Waals surface area contributed by atoms with Crippen molar-refractivity contribution in [1.29, 1.82) is 0 Å². The summed E-state index contributed by atoms with van der Waals surface area (Å²) >= 11 is 0. The number of hydrogen-bond acceptors (Lipinski definition) is 4. The zero-order valence-electron chi connectivity index (χ0n) is 10.4. The average Bonchev–Trinajstić information content (AvgIpc) is 2.82. The van der Waals surface area contributed by atoms with Gasteiger partial charge in [-0.05, 0) is 25.0 Å². The van der Waals surface area contributed by atoms with Crippen LogP contribution in [-0.4, -0.2) is 16.5 Å². The Morgan fingerprint density at radius 3 is 2.94 bits per heavy atom. The van der Waals surface area contributed by atoms with E-state index in [1.54, 1.807) is 0 Å². The first-order chi connectivity index (χ1) is 8.79. The molecule has 0 spiro atoms. The number of benzene rings is 1. The third-order valence-corrected chi connectivity index (χ3v) is 3.42. The molecular formula is C14H16N4. The average molecular weight is 240 g/mol. The van der Waals surface area contributed by atoms with Crippen LogP contribution < -0.4 is 10.6 Å². The van der Waals surface area contributed by atoms with Gasteiger partial charge in [-0.2, -0.15) is 0 Å². The molecule has 0 aliphatic carbocycles. The van der Waals surface area contributed by atoms with E-state index in [1.807, 2.05) is 13.1 Å². The fourth-order valence-electron chi connectivity index (χ4n) is 2.36. The molecule has 0 radical (unpaired) electrons. The van der Waals surface area contributed by atoms with Gasteiger partial charge in [0, 0.05) is 36.2 Å². The molecule has 0 saturated carbocycles. The first-order valence-corrected chi connectivity index (χ1v) is 6.17. The van der Waals surface area contributed by atoms with Crippen molar-refractivity contribution < 1.29 is 0 Å². The van der Waals surface area contributed by atoms with Gasteiger partial charge >= 0.3 is 0 Å². The molecule has 3 rings (SSSR count). The fraction of sp³-hybridized carbons (Fsp3) is 0.286. The second-order valence-corrected chi connectivity index (χ2v) is 4.52. The molecule has 1 aromatic heterocycles. The summed E-state index contributed by atoms with van der Waals surface area (Å²) in [4.78, 5) is 11.2. The molecule has 1 aliphatic rings. The molecule has 1 aliphatic heterocycles. The highest BCUT2D eigenvalue weighted by atomic mass is 15.3. The number of anilines is 2. The predicted octanol–water partition coefficient (Wildman–Crippen LogP) is 1.94. The third-order valence-electron chi connectivity index (χ3n) is 3.42. The molecule has 0 unspecified atom stereocenters. The second kappa shape index (κ2) is 4.38. The van der Waals surface area contributed by atoms with Gasteiger partial charge in [-0.3, -0.25) is 0 Å². The van der Waals surface area contributed by atoms with Crippen LogP contribution in [0.5, 0.6) is 0 Å². The van der Waals surface area contributed by atoms with Crippen LogP contribution in [-0.2, 0) is 13.0 Å². The SMILES string of the molecule is Cc1nc(N2CCc3ccccc32)ncc1CN. The van der Waals surface area contributed by atoms with Crippen LogP contribution in [0.1, 0.15) is 16.8 Å². The normalized spacial score (nSPS) is 13.8. The lowest BCUT2D eigenvalue weighted by Gasteiger charge is -2.17. The summed E-state index contributed by atoms with van der Waals surface area (Å²) < 4.78 is 0. The van der Waals surface area contributed by atoms with Crippen LogP contribution in [0.15, 0.2) is 30.5 Å². The zero-order valence-corrected chi connectivity index (χ0v) is 10.4. The maximum Gasteiger partial charge on any atom is 0.230 e. The lowest BCUT2D eigenvalue weighted by molar-refractivity contribution is 0.902. The van der Waals surface area contributed by atoms with Crippen LogP contribution in [0.25, 0.3) is 0 Å². The largest absolute Gasteiger partial charge is 0.326 e. The van der Waals surface area contributed by atoms with Gasteiger partial charge in [0.15, 0.2) is 0 Å². The van der Waals surface area contributed by atoms with Crippen molar-refractivity contribution in [2.24, 2.45) is 5.73 Å². The molecule has 0 atom stereocenters. The Balaban J connectivity index is 2.00. The van der Waals surface area contributed by atoms with Crippen LogP contribution in [0.3, 0.4) is 0 Å². The van der Waals surface area contributed by atoms with E-state index in [4.69, 9.17) is 5.73 Å². The van der Waals surface area contributed by atoms with Crippen molar-refractivity contribution in [2.75, 3.05) is 11.4 Å². The fourth-order valence-corrected chi connectivity index (χ4v) is 2.36. The highest BCUT2D eigenvalue weighted by Crippen LogP contribution is 2.32. The predicted molar refractivity (Wildman–Crippen MR) is 71.8 cm³/mol. The Morgan fingerprint density at radius 2 is 2.17 bits per heavy atom. The van der Waals surface area contributed by atoms with E-state index in [-0.39, 0.29) is 0 Å². The molecular weight excluding hydrogens is 224 g/mol. The Bertz CT molecular complexity index is 580.